The summed E-state index contributed by atoms with van der Waals surface area (Å²) in [5.74, 6) is 0.921. The van der Waals surface area contributed by atoms with Crippen LogP contribution in [0.2, 0.25) is 0 Å². The number of ether oxygens (including phenoxy) is 1. The van der Waals surface area contributed by atoms with Crippen molar-refractivity contribution in [2.45, 2.75) is 31.3 Å². The average Bonchev–Trinajstić information content (AvgIpc) is 3.10. The van der Waals surface area contributed by atoms with Gasteiger partial charge in [0.2, 0.25) is 5.91 Å². The second kappa shape index (κ2) is 8.89. The molecule has 0 spiro atoms. The van der Waals surface area contributed by atoms with Gasteiger partial charge < -0.3 is 14.5 Å². The Kier molecular flexibility index (Phi) is 5.65. The minimum Gasteiger partial charge on any atom is -0.371 e. The zero-order chi connectivity index (χ0) is 21.9. The highest BCUT2D eigenvalue weighted by Gasteiger charge is 2.41. The molecule has 3 aromatic rings. The van der Waals surface area contributed by atoms with Crippen LogP contribution >= 0.6 is 0 Å². The number of nitriles is 1. The molecule has 8 nitrogen and oxygen atoms in total. The molecule has 2 unspecified atom stereocenters. The molecule has 1 aromatic carbocycles. The Labute approximate surface area is 186 Å². The third-order valence-corrected chi connectivity index (χ3v) is 6.30. The number of carbonyl (C=O) groups excluding carboxylic acids is 1. The topological polar surface area (TPSA) is 95.2 Å². The highest BCUT2D eigenvalue weighted by atomic mass is 16.5. The molecule has 32 heavy (non-hydrogen) atoms. The predicted molar refractivity (Wildman–Crippen MR) is 119 cm³/mol. The molecule has 5 rings (SSSR count). The van der Waals surface area contributed by atoms with Gasteiger partial charge in [0.15, 0.2) is 0 Å². The van der Waals surface area contributed by atoms with E-state index in [1.807, 2.05) is 29.2 Å². The van der Waals surface area contributed by atoms with Crippen LogP contribution in [0, 0.1) is 11.3 Å². The second-order valence-corrected chi connectivity index (χ2v) is 8.25. The van der Waals surface area contributed by atoms with E-state index in [1.165, 1.54) is 0 Å². The first kappa shape index (κ1) is 20.3. The fourth-order valence-electron chi connectivity index (χ4n) is 4.77. The molecule has 0 aliphatic carbocycles. The van der Waals surface area contributed by atoms with Crippen molar-refractivity contribution in [3.63, 3.8) is 0 Å². The number of piperazine rings is 1. The largest absolute Gasteiger partial charge is 0.371 e. The van der Waals surface area contributed by atoms with Crippen molar-refractivity contribution in [3.05, 3.63) is 60.0 Å². The van der Waals surface area contributed by atoms with Crippen molar-refractivity contribution in [1.82, 2.24) is 19.9 Å². The van der Waals surface area contributed by atoms with E-state index in [4.69, 9.17) is 10.00 Å². The van der Waals surface area contributed by atoms with Gasteiger partial charge in [0.1, 0.15) is 18.5 Å². The SMILES string of the molecule is N#Cc1ccc(N2C3CCC2CN(C(=O)COCCc2cccc4nccnc24)C3)nc1. The number of hydrogen-bond acceptors (Lipinski definition) is 7. The molecule has 2 fully saturated rings. The number of rotatable bonds is 6. The van der Waals surface area contributed by atoms with Gasteiger partial charge in [-0.05, 0) is 43.0 Å². The number of pyridine rings is 1. The lowest BCUT2D eigenvalue weighted by molar-refractivity contribution is -0.137. The summed E-state index contributed by atoms with van der Waals surface area (Å²) in [6, 6.07) is 12.3. The monoisotopic (exact) mass is 428 g/mol. The van der Waals surface area contributed by atoms with Gasteiger partial charge in [-0.2, -0.15) is 5.26 Å². The van der Waals surface area contributed by atoms with Crippen molar-refractivity contribution in [2.24, 2.45) is 0 Å². The second-order valence-electron chi connectivity index (χ2n) is 8.25. The summed E-state index contributed by atoms with van der Waals surface area (Å²) in [6.07, 6.45) is 7.76. The van der Waals surface area contributed by atoms with Gasteiger partial charge in [0.05, 0.1) is 23.2 Å². The molecule has 2 aromatic heterocycles. The van der Waals surface area contributed by atoms with Crippen LogP contribution in [0.4, 0.5) is 5.82 Å². The number of aromatic nitrogens is 3. The first-order valence-electron chi connectivity index (χ1n) is 10.9. The van der Waals surface area contributed by atoms with E-state index in [0.717, 1.165) is 35.3 Å². The van der Waals surface area contributed by atoms with Gasteiger partial charge >= 0.3 is 0 Å². The van der Waals surface area contributed by atoms with Crippen molar-refractivity contribution in [3.8, 4) is 6.07 Å². The molecule has 2 saturated heterocycles. The summed E-state index contributed by atoms with van der Waals surface area (Å²) in [6.45, 7) is 1.91. The lowest BCUT2D eigenvalue weighted by atomic mass is 10.1. The molecule has 162 valence electrons. The molecule has 2 aliphatic heterocycles. The van der Waals surface area contributed by atoms with Crippen LogP contribution in [0.15, 0.2) is 48.9 Å². The molecule has 4 heterocycles. The third kappa shape index (κ3) is 3.99. The maximum Gasteiger partial charge on any atom is 0.248 e. The minimum atomic E-state index is 0.0343. The van der Waals surface area contributed by atoms with E-state index >= 15 is 0 Å². The Morgan fingerprint density at radius 2 is 1.91 bits per heavy atom. The molecule has 1 amide bonds. The number of carbonyl (C=O) groups is 1. The normalized spacial score (nSPS) is 19.8. The fourth-order valence-corrected chi connectivity index (χ4v) is 4.77. The number of amides is 1. The minimum absolute atomic E-state index is 0.0343. The van der Waals surface area contributed by atoms with Crippen LogP contribution in [0.1, 0.15) is 24.0 Å². The number of anilines is 1. The average molecular weight is 428 g/mol. The lowest BCUT2D eigenvalue weighted by Gasteiger charge is -2.41. The molecule has 0 N–H and O–H groups in total. The quantitative estimate of drug-likeness (QED) is 0.556. The standard InChI is InChI=1S/C24H24N6O2/c25-12-17-4-7-22(28-13-17)30-19-5-6-20(30)15-29(14-19)23(31)16-32-11-8-18-2-1-3-21-24(18)27-10-9-26-21/h1-4,7,9-10,13,19-20H,5-6,8,11,14-16H2. The highest BCUT2D eigenvalue weighted by Crippen LogP contribution is 2.33. The molecule has 2 aliphatic rings. The summed E-state index contributed by atoms with van der Waals surface area (Å²) in [7, 11) is 0. The summed E-state index contributed by atoms with van der Waals surface area (Å²) in [4.78, 5) is 30.2. The van der Waals surface area contributed by atoms with Crippen LogP contribution in [0.25, 0.3) is 11.0 Å². The zero-order valence-corrected chi connectivity index (χ0v) is 17.7. The van der Waals surface area contributed by atoms with E-state index in [-0.39, 0.29) is 24.6 Å². The van der Waals surface area contributed by atoms with Gasteiger partial charge in [-0.15, -0.1) is 0 Å². The fraction of sp³-hybridized carbons (Fsp3) is 0.375. The first-order chi connectivity index (χ1) is 15.7. The zero-order valence-electron chi connectivity index (χ0n) is 17.7. The predicted octanol–water partition coefficient (Wildman–Crippen LogP) is 2.34. The molecule has 2 atom stereocenters. The Hall–Kier alpha value is -3.57. The summed E-state index contributed by atoms with van der Waals surface area (Å²) < 4.78 is 5.73. The number of para-hydroxylation sites is 1. The lowest BCUT2D eigenvalue weighted by Crippen LogP contribution is -2.56. The van der Waals surface area contributed by atoms with E-state index in [1.54, 1.807) is 24.7 Å². The van der Waals surface area contributed by atoms with E-state index in [0.29, 0.717) is 31.7 Å². The Balaban J connectivity index is 1.14. The van der Waals surface area contributed by atoms with Crippen LogP contribution in [-0.2, 0) is 16.0 Å². The Morgan fingerprint density at radius 1 is 1.09 bits per heavy atom. The summed E-state index contributed by atoms with van der Waals surface area (Å²) in [5, 5.41) is 8.99. The number of nitrogens with zero attached hydrogens (tertiary/aromatic N) is 6. The van der Waals surface area contributed by atoms with Crippen LogP contribution < -0.4 is 4.90 Å². The van der Waals surface area contributed by atoms with Crippen molar-refractivity contribution >= 4 is 22.8 Å². The maximum absolute atomic E-state index is 12.8. The number of likely N-dealkylation sites (tertiary alicyclic amines) is 1. The molecule has 0 saturated carbocycles. The number of benzene rings is 1. The maximum atomic E-state index is 12.8. The molecule has 8 heteroatoms. The third-order valence-electron chi connectivity index (χ3n) is 6.30. The van der Waals surface area contributed by atoms with E-state index in [9.17, 15) is 4.79 Å². The van der Waals surface area contributed by atoms with Crippen molar-refractivity contribution < 1.29 is 9.53 Å². The van der Waals surface area contributed by atoms with Crippen LogP contribution in [0.5, 0.6) is 0 Å². The van der Waals surface area contributed by atoms with Gasteiger partial charge in [-0.1, -0.05) is 12.1 Å². The summed E-state index contributed by atoms with van der Waals surface area (Å²) >= 11 is 0. The van der Waals surface area contributed by atoms with E-state index < -0.39 is 0 Å². The molecular weight excluding hydrogens is 404 g/mol. The van der Waals surface area contributed by atoms with Crippen molar-refractivity contribution in [2.75, 3.05) is 31.2 Å². The molecule has 2 bridgehead atoms. The summed E-state index contributed by atoms with van der Waals surface area (Å²) in [5.41, 5.74) is 3.38. The molecule has 0 radical (unpaired) electrons. The van der Waals surface area contributed by atoms with Gasteiger partial charge in [0.25, 0.3) is 0 Å². The van der Waals surface area contributed by atoms with Gasteiger partial charge in [-0.3, -0.25) is 14.8 Å². The Morgan fingerprint density at radius 3 is 2.66 bits per heavy atom. The van der Waals surface area contributed by atoms with E-state index in [2.05, 4.69) is 25.9 Å². The smallest absolute Gasteiger partial charge is 0.248 e. The number of fused-ring (bicyclic) bond motifs is 3. The van der Waals surface area contributed by atoms with Gasteiger partial charge in [0, 0.05) is 43.8 Å². The van der Waals surface area contributed by atoms with Gasteiger partial charge in [-0.25, -0.2) is 4.98 Å². The van der Waals surface area contributed by atoms with Crippen molar-refractivity contribution in [1.29, 1.82) is 5.26 Å². The van der Waals surface area contributed by atoms with Crippen LogP contribution in [0.3, 0.4) is 0 Å². The molecular formula is C24H24N6O2. The first-order valence-corrected chi connectivity index (χ1v) is 10.9. The Bertz CT molecular complexity index is 1140. The van der Waals surface area contributed by atoms with Crippen LogP contribution in [-0.4, -0.2) is 64.1 Å². The highest BCUT2D eigenvalue weighted by molar-refractivity contribution is 5.78. The number of hydrogen-bond donors (Lipinski definition) is 0.